The van der Waals surface area contributed by atoms with Gasteiger partial charge in [0.2, 0.25) is 0 Å². The van der Waals surface area contributed by atoms with Crippen LogP contribution in [0.2, 0.25) is 0 Å². The zero-order chi connectivity index (χ0) is 7.82. The summed E-state index contributed by atoms with van der Waals surface area (Å²) >= 11 is 0. The summed E-state index contributed by atoms with van der Waals surface area (Å²) in [6.07, 6.45) is 3.83. The standard InChI is InChI=1S/C8H16O2.Rh/c1-3-5-6-7-8(9)10-4-2;/h3-7H2,1-2H3;/q;+2. The van der Waals surface area contributed by atoms with Crippen LogP contribution in [0.15, 0.2) is 0 Å². The molecule has 0 heterocycles. The molecule has 0 amide bonds. The van der Waals surface area contributed by atoms with E-state index >= 15 is 0 Å². The third-order valence-electron chi connectivity index (χ3n) is 1.29. The summed E-state index contributed by atoms with van der Waals surface area (Å²) in [4.78, 5) is 10.7. The number of hydrogen-bond donors (Lipinski definition) is 0. The predicted octanol–water partition coefficient (Wildman–Crippen LogP) is 2.13. The first-order valence-corrected chi connectivity index (χ1v) is 3.96. The van der Waals surface area contributed by atoms with E-state index < -0.39 is 0 Å². The van der Waals surface area contributed by atoms with Gasteiger partial charge in [-0.05, 0) is 13.3 Å². The van der Waals surface area contributed by atoms with Crippen molar-refractivity contribution in [2.75, 3.05) is 6.61 Å². The van der Waals surface area contributed by atoms with E-state index in [1.807, 2.05) is 6.92 Å². The normalized spacial score (nSPS) is 8.55. The van der Waals surface area contributed by atoms with E-state index in [0.717, 1.165) is 19.3 Å². The summed E-state index contributed by atoms with van der Waals surface area (Å²) in [6, 6.07) is 0. The van der Waals surface area contributed by atoms with Crippen LogP contribution < -0.4 is 0 Å². The first kappa shape index (κ1) is 13.7. The Morgan fingerprint density at radius 1 is 1.27 bits per heavy atom. The van der Waals surface area contributed by atoms with Crippen LogP contribution in [0.1, 0.15) is 39.5 Å². The molecule has 0 aromatic carbocycles. The molecule has 0 aliphatic carbocycles. The second kappa shape index (κ2) is 10.1. The van der Waals surface area contributed by atoms with Gasteiger partial charge < -0.3 is 4.74 Å². The molecule has 0 aromatic heterocycles. The molecule has 0 saturated carbocycles. The molecule has 3 heteroatoms. The van der Waals surface area contributed by atoms with Crippen LogP contribution in [-0.2, 0) is 29.0 Å². The van der Waals surface area contributed by atoms with Gasteiger partial charge in [0, 0.05) is 6.42 Å². The van der Waals surface area contributed by atoms with Crippen LogP contribution in [0.25, 0.3) is 0 Å². The molecule has 0 aliphatic heterocycles. The molecule has 0 bridgehead atoms. The van der Waals surface area contributed by atoms with E-state index in [1.54, 1.807) is 0 Å². The Bertz CT molecular complexity index is 94.1. The van der Waals surface area contributed by atoms with Gasteiger partial charge in [0.1, 0.15) is 0 Å². The topological polar surface area (TPSA) is 26.3 Å². The first-order valence-electron chi connectivity index (χ1n) is 3.96. The molecular formula is C8H16O2Rh+2. The molecule has 0 rings (SSSR count). The second-order valence-corrected chi connectivity index (χ2v) is 2.26. The summed E-state index contributed by atoms with van der Waals surface area (Å²) in [5, 5.41) is 0. The average molecular weight is 247 g/mol. The van der Waals surface area contributed by atoms with Gasteiger partial charge in [-0.15, -0.1) is 0 Å². The van der Waals surface area contributed by atoms with Crippen molar-refractivity contribution in [2.45, 2.75) is 39.5 Å². The van der Waals surface area contributed by atoms with Crippen LogP contribution in [-0.4, -0.2) is 12.6 Å². The Kier molecular flexibility index (Phi) is 12.5. The molecule has 0 N–H and O–H groups in total. The van der Waals surface area contributed by atoms with E-state index in [2.05, 4.69) is 6.92 Å². The maximum absolute atomic E-state index is 10.7. The number of unbranched alkanes of at least 4 members (excludes halogenated alkanes) is 2. The molecule has 2 nitrogen and oxygen atoms in total. The molecule has 11 heavy (non-hydrogen) atoms. The fraction of sp³-hybridized carbons (Fsp3) is 0.875. The van der Waals surface area contributed by atoms with Gasteiger partial charge >= 0.3 is 25.4 Å². The number of ether oxygens (including phenoxy) is 1. The molecule has 0 saturated heterocycles. The van der Waals surface area contributed by atoms with E-state index in [1.165, 1.54) is 0 Å². The predicted molar refractivity (Wildman–Crippen MR) is 40.8 cm³/mol. The number of carbonyl (C=O) groups is 1. The Morgan fingerprint density at radius 2 is 1.91 bits per heavy atom. The van der Waals surface area contributed by atoms with Gasteiger partial charge in [0.05, 0.1) is 6.61 Å². The van der Waals surface area contributed by atoms with Gasteiger partial charge in [-0.3, -0.25) is 4.79 Å². The zero-order valence-electron chi connectivity index (χ0n) is 7.19. The van der Waals surface area contributed by atoms with Crippen molar-refractivity contribution in [3.8, 4) is 0 Å². The first-order chi connectivity index (χ1) is 4.81. The SMILES string of the molecule is CCCCCC(=O)OCC.[Rh+2]. The molecule has 0 aromatic rings. The van der Waals surface area contributed by atoms with Gasteiger partial charge in [-0.25, -0.2) is 0 Å². The van der Waals surface area contributed by atoms with Crippen molar-refractivity contribution >= 4 is 5.97 Å². The van der Waals surface area contributed by atoms with Crippen molar-refractivity contribution in [1.29, 1.82) is 0 Å². The Balaban J connectivity index is 0. The molecule has 1 radical (unpaired) electrons. The summed E-state index contributed by atoms with van der Waals surface area (Å²) in [6.45, 7) is 4.45. The van der Waals surface area contributed by atoms with Crippen LogP contribution >= 0.6 is 0 Å². The maximum atomic E-state index is 10.7. The van der Waals surface area contributed by atoms with E-state index in [0.29, 0.717) is 13.0 Å². The van der Waals surface area contributed by atoms with Crippen molar-refractivity contribution in [3.05, 3.63) is 0 Å². The second-order valence-electron chi connectivity index (χ2n) is 2.26. The Morgan fingerprint density at radius 3 is 2.36 bits per heavy atom. The fourth-order valence-electron chi connectivity index (χ4n) is 0.752. The number of carbonyl (C=O) groups excluding carboxylic acids is 1. The van der Waals surface area contributed by atoms with Gasteiger partial charge in [0.15, 0.2) is 0 Å². The third-order valence-corrected chi connectivity index (χ3v) is 1.29. The fourth-order valence-corrected chi connectivity index (χ4v) is 0.752. The minimum Gasteiger partial charge on any atom is -0.466 e. The summed E-state index contributed by atoms with van der Waals surface area (Å²) in [7, 11) is 0. The van der Waals surface area contributed by atoms with Crippen molar-refractivity contribution in [2.24, 2.45) is 0 Å². The number of hydrogen-bond acceptors (Lipinski definition) is 2. The van der Waals surface area contributed by atoms with Gasteiger partial charge in [-0.2, -0.15) is 0 Å². The van der Waals surface area contributed by atoms with Crippen LogP contribution in [0, 0.1) is 0 Å². The Labute approximate surface area is 81.5 Å². The minimum absolute atomic E-state index is 0. The molecule has 0 fully saturated rings. The van der Waals surface area contributed by atoms with Gasteiger partial charge in [-0.1, -0.05) is 19.8 Å². The molecule has 0 spiro atoms. The molecule has 0 unspecified atom stereocenters. The summed E-state index contributed by atoms with van der Waals surface area (Å²) in [5.41, 5.74) is 0. The van der Waals surface area contributed by atoms with Crippen molar-refractivity contribution in [3.63, 3.8) is 0 Å². The van der Waals surface area contributed by atoms with Crippen LogP contribution in [0.5, 0.6) is 0 Å². The molecule has 0 atom stereocenters. The summed E-state index contributed by atoms with van der Waals surface area (Å²) in [5.74, 6) is -0.0593. The van der Waals surface area contributed by atoms with E-state index in [9.17, 15) is 4.79 Å². The molecular weight excluding hydrogens is 231 g/mol. The minimum atomic E-state index is -0.0593. The quantitative estimate of drug-likeness (QED) is 0.422. The van der Waals surface area contributed by atoms with Crippen LogP contribution in [0.3, 0.4) is 0 Å². The maximum Gasteiger partial charge on any atom is 2.00 e. The summed E-state index contributed by atoms with van der Waals surface area (Å²) < 4.78 is 4.75. The largest absolute Gasteiger partial charge is 2.00 e. The van der Waals surface area contributed by atoms with Crippen molar-refractivity contribution < 1.29 is 29.0 Å². The van der Waals surface area contributed by atoms with E-state index in [-0.39, 0.29) is 25.4 Å². The Hall–Kier alpha value is 0.0934. The monoisotopic (exact) mass is 247 g/mol. The molecule has 0 aliphatic rings. The van der Waals surface area contributed by atoms with E-state index in [4.69, 9.17) is 4.74 Å². The number of esters is 1. The molecule has 67 valence electrons. The van der Waals surface area contributed by atoms with Crippen molar-refractivity contribution in [1.82, 2.24) is 0 Å². The average Bonchev–Trinajstić information content (AvgIpc) is 1.89. The third kappa shape index (κ3) is 10.1. The smallest absolute Gasteiger partial charge is 0.466 e. The zero-order valence-corrected chi connectivity index (χ0v) is 8.82. The number of rotatable bonds is 5. The van der Waals surface area contributed by atoms with Crippen LogP contribution in [0.4, 0.5) is 0 Å². The van der Waals surface area contributed by atoms with Gasteiger partial charge in [0.25, 0.3) is 0 Å².